The van der Waals surface area contributed by atoms with Gasteiger partial charge in [0.05, 0.1) is 12.2 Å². The van der Waals surface area contributed by atoms with Crippen LogP contribution in [0.2, 0.25) is 0 Å². The summed E-state index contributed by atoms with van der Waals surface area (Å²) in [6.07, 6.45) is 0.815. The van der Waals surface area contributed by atoms with E-state index in [9.17, 15) is 9.59 Å². The lowest BCUT2D eigenvalue weighted by atomic mass is 10.1. The summed E-state index contributed by atoms with van der Waals surface area (Å²) in [5, 5.41) is 11.9. The molecule has 0 saturated carbocycles. The number of aliphatic carboxylic acids is 1. The van der Waals surface area contributed by atoms with Gasteiger partial charge in [0.2, 0.25) is 0 Å². The highest BCUT2D eigenvalue weighted by atomic mass is 16.5. The molecular formula is C14H16N2O4. The highest BCUT2D eigenvalue weighted by Gasteiger charge is 2.30. The second kappa shape index (κ2) is 5.13. The number of carbonyl (C=O) groups is 2. The number of fused-ring (bicyclic) bond motifs is 1. The van der Waals surface area contributed by atoms with Crippen LogP contribution in [0.4, 0.5) is 0 Å². The average molecular weight is 276 g/mol. The molecule has 1 aromatic carbocycles. The number of benzene rings is 1. The molecule has 1 atom stereocenters. The first-order valence-corrected chi connectivity index (χ1v) is 6.67. The summed E-state index contributed by atoms with van der Waals surface area (Å²) in [5.74, 6) is -0.434. The van der Waals surface area contributed by atoms with Gasteiger partial charge in [-0.2, -0.15) is 0 Å². The number of rotatable bonds is 2. The van der Waals surface area contributed by atoms with Gasteiger partial charge in [0.1, 0.15) is 11.8 Å². The van der Waals surface area contributed by atoms with Crippen LogP contribution in [-0.4, -0.2) is 54.2 Å². The quantitative estimate of drug-likeness (QED) is 0.802. The van der Waals surface area contributed by atoms with Gasteiger partial charge in [0.15, 0.2) is 0 Å². The maximum Gasteiger partial charge on any atom is 0.322 e. The standard InChI is InChI=1S/C14H16N2O4/c17-13(16-6-5-15-11(8-16)14(18)19)10-3-1-2-9-4-7-20-12(9)10/h1-3,11,15H,4-8H2,(H,18,19). The summed E-state index contributed by atoms with van der Waals surface area (Å²) in [5.41, 5.74) is 1.58. The SMILES string of the molecule is O=C(O)C1CN(C(=O)c2cccc3c2OCC3)CCN1. The Hall–Kier alpha value is -2.08. The molecule has 1 unspecified atom stereocenters. The zero-order chi connectivity index (χ0) is 14.1. The Morgan fingerprint density at radius 1 is 1.40 bits per heavy atom. The fourth-order valence-corrected chi connectivity index (χ4v) is 2.65. The molecule has 0 aromatic heterocycles. The molecule has 2 aliphatic heterocycles. The fourth-order valence-electron chi connectivity index (χ4n) is 2.65. The minimum Gasteiger partial charge on any atom is -0.492 e. The van der Waals surface area contributed by atoms with Crippen molar-refractivity contribution in [2.75, 3.05) is 26.2 Å². The number of para-hydroxylation sites is 1. The van der Waals surface area contributed by atoms with Gasteiger partial charge in [0.25, 0.3) is 5.91 Å². The Labute approximate surface area is 116 Å². The summed E-state index contributed by atoms with van der Waals surface area (Å²) in [7, 11) is 0. The van der Waals surface area contributed by atoms with Gasteiger partial charge in [-0.3, -0.25) is 9.59 Å². The molecule has 2 aliphatic rings. The van der Waals surface area contributed by atoms with E-state index in [4.69, 9.17) is 9.84 Å². The minimum atomic E-state index is -0.933. The molecule has 6 heteroatoms. The molecule has 0 spiro atoms. The number of nitrogens with zero attached hydrogens (tertiary/aromatic N) is 1. The lowest BCUT2D eigenvalue weighted by Gasteiger charge is -2.31. The Morgan fingerprint density at radius 2 is 2.25 bits per heavy atom. The fraction of sp³-hybridized carbons (Fsp3) is 0.429. The number of amides is 1. The van der Waals surface area contributed by atoms with E-state index in [-0.39, 0.29) is 12.5 Å². The maximum atomic E-state index is 12.6. The van der Waals surface area contributed by atoms with E-state index in [2.05, 4.69) is 5.32 Å². The lowest BCUT2D eigenvalue weighted by Crippen LogP contribution is -2.55. The van der Waals surface area contributed by atoms with Crippen LogP contribution in [0, 0.1) is 0 Å². The number of hydrogen-bond donors (Lipinski definition) is 2. The normalized spacial score (nSPS) is 21.2. The maximum absolute atomic E-state index is 12.6. The first-order chi connectivity index (χ1) is 9.66. The number of nitrogens with one attached hydrogen (secondary N) is 1. The van der Waals surface area contributed by atoms with Gasteiger partial charge in [-0.05, 0) is 11.6 Å². The van der Waals surface area contributed by atoms with Crippen molar-refractivity contribution in [1.29, 1.82) is 0 Å². The van der Waals surface area contributed by atoms with Crippen molar-refractivity contribution in [3.63, 3.8) is 0 Å². The molecule has 1 amide bonds. The molecule has 2 N–H and O–H groups in total. The van der Waals surface area contributed by atoms with Crippen molar-refractivity contribution in [2.45, 2.75) is 12.5 Å². The minimum absolute atomic E-state index is 0.156. The molecule has 1 saturated heterocycles. The molecule has 0 bridgehead atoms. The van der Waals surface area contributed by atoms with Crippen LogP contribution >= 0.6 is 0 Å². The van der Waals surface area contributed by atoms with Crippen LogP contribution in [0.1, 0.15) is 15.9 Å². The van der Waals surface area contributed by atoms with E-state index in [1.54, 1.807) is 11.0 Å². The molecule has 3 rings (SSSR count). The van der Waals surface area contributed by atoms with E-state index in [0.29, 0.717) is 31.0 Å². The number of carboxylic acids is 1. The first kappa shape index (κ1) is 12.9. The van der Waals surface area contributed by atoms with E-state index in [1.807, 2.05) is 12.1 Å². The summed E-state index contributed by atoms with van der Waals surface area (Å²) < 4.78 is 5.54. The van der Waals surface area contributed by atoms with E-state index in [1.165, 1.54) is 0 Å². The van der Waals surface area contributed by atoms with Gasteiger partial charge in [-0.25, -0.2) is 0 Å². The lowest BCUT2D eigenvalue weighted by molar-refractivity contribution is -0.140. The number of hydrogen-bond acceptors (Lipinski definition) is 4. The van der Waals surface area contributed by atoms with Crippen LogP contribution in [-0.2, 0) is 11.2 Å². The highest BCUT2D eigenvalue weighted by Crippen LogP contribution is 2.30. The van der Waals surface area contributed by atoms with Crippen LogP contribution in [0.5, 0.6) is 5.75 Å². The monoisotopic (exact) mass is 276 g/mol. The second-order valence-corrected chi connectivity index (χ2v) is 4.99. The van der Waals surface area contributed by atoms with Crippen LogP contribution in [0.3, 0.4) is 0 Å². The van der Waals surface area contributed by atoms with Crippen molar-refractivity contribution in [2.24, 2.45) is 0 Å². The van der Waals surface area contributed by atoms with Gasteiger partial charge in [0, 0.05) is 26.1 Å². The summed E-state index contributed by atoms with van der Waals surface area (Å²) in [6, 6.07) is 4.84. The molecule has 1 fully saturated rings. The average Bonchev–Trinajstić information content (AvgIpc) is 2.95. The van der Waals surface area contributed by atoms with Crippen molar-refractivity contribution >= 4 is 11.9 Å². The third-order valence-electron chi connectivity index (χ3n) is 3.71. The molecule has 106 valence electrons. The zero-order valence-corrected chi connectivity index (χ0v) is 11.0. The molecule has 0 aliphatic carbocycles. The number of ether oxygens (including phenoxy) is 1. The Balaban J connectivity index is 1.82. The Morgan fingerprint density at radius 3 is 3.05 bits per heavy atom. The van der Waals surface area contributed by atoms with Crippen LogP contribution in [0.15, 0.2) is 18.2 Å². The largest absolute Gasteiger partial charge is 0.492 e. The molecule has 0 radical (unpaired) electrons. The summed E-state index contributed by atoms with van der Waals surface area (Å²) >= 11 is 0. The number of carboxylic acid groups (broad SMARTS) is 1. The van der Waals surface area contributed by atoms with Crippen molar-refractivity contribution < 1.29 is 19.4 Å². The number of carbonyl (C=O) groups excluding carboxylic acids is 1. The topological polar surface area (TPSA) is 78.9 Å². The van der Waals surface area contributed by atoms with Crippen molar-refractivity contribution in [3.05, 3.63) is 29.3 Å². The van der Waals surface area contributed by atoms with Crippen LogP contribution < -0.4 is 10.1 Å². The van der Waals surface area contributed by atoms with Gasteiger partial charge in [-0.1, -0.05) is 12.1 Å². The first-order valence-electron chi connectivity index (χ1n) is 6.67. The molecular weight excluding hydrogens is 260 g/mol. The molecule has 6 nitrogen and oxygen atoms in total. The highest BCUT2D eigenvalue weighted by molar-refractivity contribution is 5.98. The predicted octanol–water partition coefficient (Wildman–Crippen LogP) is 0.120. The van der Waals surface area contributed by atoms with Crippen molar-refractivity contribution in [3.8, 4) is 5.75 Å². The molecule has 1 aromatic rings. The smallest absolute Gasteiger partial charge is 0.322 e. The molecule has 2 heterocycles. The summed E-state index contributed by atoms with van der Waals surface area (Å²) in [6.45, 7) is 1.77. The van der Waals surface area contributed by atoms with E-state index >= 15 is 0 Å². The Kier molecular flexibility index (Phi) is 3.31. The second-order valence-electron chi connectivity index (χ2n) is 4.99. The van der Waals surface area contributed by atoms with Crippen molar-refractivity contribution in [1.82, 2.24) is 10.2 Å². The van der Waals surface area contributed by atoms with Crippen LogP contribution in [0.25, 0.3) is 0 Å². The van der Waals surface area contributed by atoms with Gasteiger partial charge >= 0.3 is 5.97 Å². The van der Waals surface area contributed by atoms with E-state index < -0.39 is 12.0 Å². The molecule has 20 heavy (non-hydrogen) atoms. The number of piperazine rings is 1. The van der Waals surface area contributed by atoms with Gasteiger partial charge in [-0.15, -0.1) is 0 Å². The predicted molar refractivity (Wildman–Crippen MR) is 71.0 cm³/mol. The zero-order valence-electron chi connectivity index (χ0n) is 11.0. The summed E-state index contributed by atoms with van der Waals surface area (Å²) in [4.78, 5) is 25.1. The van der Waals surface area contributed by atoms with E-state index in [0.717, 1.165) is 12.0 Å². The third kappa shape index (κ3) is 2.22. The Bertz CT molecular complexity index is 558. The third-order valence-corrected chi connectivity index (χ3v) is 3.71. The van der Waals surface area contributed by atoms with Gasteiger partial charge < -0.3 is 20.1 Å².